The third kappa shape index (κ3) is 7.45. The number of nitrogens with two attached hydrogens (primary N) is 2. The molecule has 1 fully saturated rings. The van der Waals surface area contributed by atoms with Gasteiger partial charge in [-0.2, -0.15) is 5.10 Å². The van der Waals surface area contributed by atoms with E-state index < -0.39 is 30.1 Å². The first kappa shape index (κ1) is 30.9. The van der Waals surface area contributed by atoms with E-state index in [1.165, 1.54) is 18.3 Å². The van der Waals surface area contributed by atoms with Crippen LogP contribution in [0, 0.1) is 18.6 Å². The summed E-state index contributed by atoms with van der Waals surface area (Å²) in [5.74, 6) is -1.45. The van der Waals surface area contributed by atoms with Crippen molar-refractivity contribution in [2.45, 2.75) is 51.0 Å². The molecule has 0 radical (unpaired) electrons. The Bertz CT molecular complexity index is 1430. The van der Waals surface area contributed by atoms with Crippen molar-refractivity contribution in [1.29, 1.82) is 0 Å². The van der Waals surface area contributed by atoms with Crippen molar-refractivity contribution in [3.63, 3.8) is 0 Å². The van der Waals surface area contributed by atoms with Gasteiger partial charge in [-0.25, -0.2) is 18.4 Å². The Hall–Kier alpha value is -3.00. The average molecular weight is 610 g/mol. The van der Waals surface area contributed by atoms with Gasteiger partial charge in [0.15, 0.2) is 17.5 Å². The highest BCUT2D eigenvalue weighted by molar-refractivity contribution is 6.31. The lowest BCUT2D eigenvalue weighted by Crippen LogP contribution is -2.37. The molecule has 1 saturated carbocycles. The van der Waals surface area contributed by atoms with Gasteiger partial charge in [-0.15, -0.1) is 0 Å². The third-order valence-electron chi connectivity index (χ3n) is 6.25. The van der Waals surface area contributed by atoms with Crippen LogP contribution in [0.1, 0.15) is 54.7 Å². The molecule has 3 atom stereocenters. The zero-order valence-electron chi connectivity index (χ0n) is 22.5. The number of hydrogen-bond acceptors (Lipinski definition) is 9. The van der Waals surface area contributed by atoms with E-state index >= 15 is 0 Å². The Labute approximate surface area is 246 Å². The van der Waals surface area contributed by atoms with Gasteiger partial charge in [0.05, 0.1) is 34.6 Å². The van der Waals surface area contributed by atoms with Crippen molar-refractivity contribution in [2.24, 2.45) is 16.5 Å². The van der Waals surface area contributed by atoms with Gasteiger partial charge in [0.1, 0.15) is 24.3 Å². The van der Waals surface area contributed by atoms with Crippen LogP contribution in [-0.4, -0.2) is 63.2 Å². The quantitative estimate of drug-likeness (QED) is 0.148. The van der Waals surface area contributed by atoms with E-state index in [4.69, 9.17) is 44.1 Å². The van der Waals surface area contributed by atoms with Crippen molar-refractivity contribution in [3.05, 3.63) is 75.2 Å². The summed E-state index contributed by atoms with van der Waals surface area (Å²) in [6.45, 7) is 3.75. The van der Waals surface area contributed by atoms with E-state index in [1.807, 2.05) is 6.92 Å². The number of rotatable bonds is 13. The van der Waals surface area contributed by atoms with Gasteiger partial charge in [0, 0.05) is 42.3 Å². The number of allylic oxidation sites excluding steroid dienone is 1. The van der Waals surface area contributed by atoms with Crippen molar-refractivity contribution in [2.75, 3.05) is 19.8 Å². The maximum Gasteiger partial charge on any atom is 0.178 e. The van der Waals surface area contributed by atoms with Crippen molar-refractivity contribution >= 4 is 35.0 Å². The summed E-state index contributed by atoms with van der Waals surface area (Å²) in [6, 6.07) is 4.23. The lowest BCUT2D eigenvalue weighted by molar-refractivity contribution is -0.102. The summed E-state index contributed by atoms with van der Waals surface area (Å²) in [7, 11) is 0. The number of ether oxygens (including phenoxy) is 2. The topological polar surface area (TPSA) is 147 Å². The fourth-order valence-electron chi connectivity index (χ4n) is 4.16. The average Bonchev–Trinajstić information content (AvgIpc) is 3.72. The largest absolute Gasteiger partial charge is 0.404 e. The van der Waals surface area contributed by atoms with Crippen LogP contribution in [-0.2, 0) is 9.47 Å². The normalized spacial score (nSPS) is 16.3. The molecule has 3 aromatic rings. The first-order valence-electron chi connectivity index (χ1n) is 13.0. The molecule has 0 aliphatic heterocycles. The van der Waals surface area contributed by atoms with Gasteiger partial charge >= 0.3 is 0 Å². The number of aryl methyl sites for hydroxylation is 1. The first-order valence-corrected chi connectivity index (χ1v) is 13.7. The number of aromatic nitrogens is 4. The van der Waals surface area contributed by atoms with E-state index in [-0.39, 0.29) is 41.1 Å². The Morgan fingerprint density at radius 2 is 2.05 bits per heavy atom. The standard InChI is InChI=1S/C27H31Cl2F2N7O3/c1-3-40-13-22(33)41-26(21(39)12-34-10-16(9-32)18-6-7-19(29)24(31)23(18)30)27-36-14(2)37-38(27)20-8-17(28)11-35-25(20)15-4-5-15/h6-11,15,21-22,26,39H,3-5,12-13,32-33H2,1-2H3/t21-,22?,26?/m0/s1. The molecule has 1 aliphatic carbocycles. The van der Waals surface area contributed by atoms with Crippen molar-refractivity contribution < 1.29 is 23.4 Å². The maximum atomic E-state index is 14.5. The SMILES string of the molecule is CCOCC(N)OC(c1nc(C)nn1-c1cc(Cl)cnc1C1CC1)[C@@H](O)CN=CC(=CN)c1ccc(Cl)c(F)c1F. The molecule has 0 amide bonds. The van der Waals surface area contributed by atoms with E-state index in [1.54, 1.807) is 23.9 Å². The van der Waals surface area contributed by atoms with Crippen LogP contribution in [0.4, 0.5) is 8.78 Å². The number of hydrogen-bond donors (Lipinski definition) is 3. The van der Waals surface area contributed by atoms with E-state index in [2.05, 4.69) is 20.1 Å². The molecule has 1 aliphatic rings. The molecule has 2 heterocycles. The Kier molecular flexibility index (Phi) is 10.4. The van der Waals surface area contributed by atoms with Crippen molar-refractivity contribution in [3.8, 4) is 5.69 Å². The van der Waals surface area contributed by atoms with Crippen LogP contribution in [0.2, 0.25) is 10.0 Å². The van der Waals surface area contributed by atoms with E-state index in [9.17, 15) is 13.9 Å². The van der Waals surface area contributed by atoms with Crippen LogP contribution < -0.4 is 11.5 Å². The Morgan fingerprint density at radius 3 is 2.73 bits per heavy atom. The Morgan fingerprint density at radius 1 is 1.29 bits per heavy atom. The van der Waals surface area contributed by atoms with Gasteiger partial charge in [-0.05, 0) is 44.9 Å². The molecule has 41 heavy (non-hydrogen) atoms. The number of aliphatic imine (C=N–C) groups is 1. The summed E-state index contributed by atoms with van der Waals surface area (Å²) < 4.78 is 41.4. The fraction of sp³-hybridized carbons (Fsp3) is 0.407. The number of aliphatic hydroxyl groups is 1. The molecule has 2 aromatic heterocycles. The molecule has 0 saturated heterocycles. The molecular formula is C27H31Cl2F2N7O3. The second kappa shape index (κ2) is 13.8. The molecule has 0 spiro atoms. The third-order valence-corrected chi connectivity index (χ3v) is 6.75. The van der Waals surface area contributed by atoms with Gasteiger partial charge in [0.25, 0.3) is 0 Å². The predicted octanol–water partition coefficient (Wildman–Crippen LogP) is 4.24. The monoisotopic (exact) mass is 609 g/mol. The minimum Gasteiger partial charge on any atom is -0.404 e. The molecule has 5 N–H and O–H groups in total. The highest BCUT2D eigenvalue weighted by Crippen LogP contribution is 2.42. The maximum absolute atomic E-state index is 14.5. The summed E-state index contributed by atoms with van der Waals surface area (Å²) in [4.78, 5) is 13.3. The summed E-state index contributed by atoms with van der Waals surface area (Å²) in [5.41, 5.74) is 13.2. The van der Waals surface area contributed by atoms with Gasteiger partial charge in [-0.3, -0.25) is 9.98 Å². The lowest BCUT2D eigenvalue weighted by Gasteiger charge is -2.25. The second-order valence-electron chi connectivity index (χ2n) is 9.42. The molecule has 2 unspecified atom stereocenters. The smallest absolute Gasteiger partial charge is 0.178 e. The van der Waals surface area contributed by atoms with E-state index in [0.717, 1.165) is 24.7 Å². The molecule has 10 nitrogen and oxygen atoms in total. The summed E-state index contributed by atoms with van der Waals surface area (Å²) in [5, 5.41) is 15.9. The highest BCUT2D eigenvalue weighted by Gasteiger charge is 2.34. The minimum absolute atomic E-state index is 0.0591. The number of benzene rings is 1. The van der Waals surface area contributed by atoms with E-state index in [0.29, 0.717) is 23.1 Å². The number of halogens is 4. The molecule has 0 bridgehead atoms. The van der Waals surface area contributed by atoms with Crippen LogP contribution in [0.3, 0.4) is 0 Å². The van der Waals surface area contributed by atoms with Gasteiger partial charge < -0.3 is 26.0 Å². The number of nitrogens with zero attached hydrogens (tertiary/aromatic N) is 5. The Balaban J connectivity index is 1.65. The fourth-order valence-corrected chi connectivity index (χ4v) is 4.46. The van der Waals surface area contributed by atoms with Crippen LogP contribution >= 0.6 is 23.2 Å². The predicted molar refractivity (Wildman–Crippen MR) is 152 cm³/mol. The van der Waals surface area contributed by atoms with Crippen LogP contribution in [0.25, 0.3) is 11.3 Å². The zero-order valence-corrected chi connectivity index (χ0v) is 24.0. The summed E-state index contributed by atoms with van der Waals surface area (Å²) >= 11 is 11.9. The van der Waals surface area contributed by atoms with Crippen molar-refractivity contribution in [1.82, 2.24) is 19.7 Å². The lowest BCUT2D eigenvalue weighted by atomic mass is 10.1. The molecule has 14 heteroatoms. The number of aliphatic hydroxyl groups excluding tert-OH is 1. The second-order valence-corrected chi connectivity index (χ2v) is 10.3. The molecule has 4 rings (SSSR count). The minimum atomic E-state index is -1.30. The first-order chi connectivity index (χ1) is 19.6. The highest BCUT2D eigenvalue weighted by atomic mass is 35.5. The van der Waals surface area contributed by atoms with Gasteiger partial charge in [-0.1, -0.05) is 23.2 Å². The van der Waals surface area contributed by atoms with Crippen LogP contribution in [0.5, 0.6) is 0 Å². The molecular weight excluding hydrogens is 579 g/mol. The zero-order chi connectivity index (χ0) is 29.7. The molecule has 1 aromatic carbocycles. The van der Waals surface area contributed by atoms with Gasteiger partial charge in [0.2, 0.25) is 0 Å². The number of pyridine rings is 1. The molecule has 220 valence electrons. The van der Waals surface area contributed by atoms with Crippen LogP contribution in [0.15, 0.2) is 35.6 Å². The summed E-state index contributed by atoms with van der Waals surface area (Å²) in [6.07, 6.45) is 2.48.